The van der Waals surface area contributed by atoms with Crippen molar-refractivity contribution in [3.05, 3.63) is 0 Å². The predicted octanol–water partition coefficient (Wildman–Crippen LogP) is 0.182. The van der Waals surface area contributed by atoms with Crippen molar-refractivity contribution in [2.45, 2.75) is 26.5 Å². The molecule has 0 fully saturated rings. The van der Waals surface area contributed by atoms with Gasteiger partial charge in [0.25, 0.3) is 0 Å². The van der Waals surface area contributed by atoms with Gasteiger partial charge in [-0.05, 0) is 6.92 Å². The molecule has 70 valence electrons. The van der Waals surface area contributed by atoms with E-state index in [-0.39, 0.29) is 20.9 Å². The van der Waals surface area contributed by atoms with Crippen LogP contribution in [-0.2, 0) is 9.53 Å². The number of carboxylic acid groups (broad SMARTS) is 1. The molecule has 1 unspecified atom stereocenters. The van der Waals surface area contributed by atoms with E-state index < -0.39 is 18.1 Å². The molecule has 0 aliphatic carbocycles. The third-order valence-corrected chi connectivity index (χ3v) is 1.16. The Bertz CT molecular complexity index is 110. The lowest BCUT2D eigenvalue weighted by molar-refractivity contribution is -0.141. The molecule has 2 atom stereocenters. The maximum atomic E-state index is 10.1. The van der Waals surface area contributed by atoms with E-state index in [1.165, 1.54) is 7.11 Å². The van der Waals surface area contributed by atoms with Crippen molar-refractivity contribution in [3.63, 3.8) is 0 Å². The summed E-state index contributed by atoms with van der Waals surface area (Å²) in [5.41, 5.74) is 5.15. The summed E-state index contributed by atoms with van der Waals surface area (Å²) in [6, 6.07) is -0.921. The van der Waals surface area contributed by atoms with Crippen LogP contribution in [0.15, 0.2) is 0 Å². The zero-order valence-corrected chi connectivity index (χ0v) is 7.00. The van der Waals surface area contributed by atoms with E-state index in [9.17, 15) is 4.79 Å². The predicted molar refractivity (Wildman–Crippen MR) is 49.2 cm³/mol. The maximum Gasteiger partial charge on any atom is 0.323 e. The van der Waals surface area contributed by atoms with Gasteiger partial charge in [-0.3, -0.25) is 4.79 Å². The highest BCUT2D eigenvalue weighted by atomic mass is 32.1. The SMILES string of the molecule is C.COC(C)[C@H](N)C(=O)O.S. The molecular weight excluding hydrogens is 166 g/mol. The standard InChI is InChI=1S/C5H11NO3.CH4.H2S/c1-3(9-2)4(6)5(7)8;;/h3-4H,6H2,1-2H3,(H,7,8);1H4;1H2/t3?,4-;;/m0../s1. The van der Waals surface area contributed by atoms with Crippen LogP contribution in [0.4, 0.5) is 0 Å². The number of ether oxygens (including phenoxy) is 1. The van der Waals surface area contributed by atoms with E-state index in [0.29, 0.717) is 0 Å². The van der Waals surface area contributed by atoms with Crippen molar-refractivity contribution >= 4 is 19.5 Å². The minimum atomic E-state index is -1.04. The first-order chi connectivity index (χ1) is 4.09. The smallest absolute Gasteiger partial charge is 0.323 e. The van der Waals surface area contributed by atoms with Crippen molar-refractivity contribution in [3.8, 4) is 0 Å². The van der Waals surface area contributed by atoms with Crippen LogP contribution in [0, 0.1) is 0 Å². The van der Waals surface area contributed by atoms with Gasteiger partial charge in [0.2, 0.25) is 0 Å². The summed E-state index contributed by atoms with van der Waals surface area (Å²) in [6.45, 7) is 1.61. The van der Waals surface area contributed by atoms with E-state index in [1.807, 2.05) is 0 Å². The summed E-state index contributed by atoms with van der Waals surface area (Å²) in [5, 5.41) is 8.28. The van der Waals surface area contributed by atoms with Gasteiger partial charge in [-0.1, -0.05) is 7.43 Å². The summed E-state index contributed by atoms with van der Waals surface area (Å²) in [5.74, 6) is -1.04. The number of carboxylic acids is 1. The fourth-order valence-electron chi connectivity index (χ4n) is 0.347. The Morgan fingerprint density at radius 3 is 2.09 bits per heavy atom. The molecule has 0 aromatic heterocycles. The highest BCUT2D eigenvalue weighted by molar-refractivity contribution is 7.59. The highest BCUT2D eigenvalue weighted by Crippen LogP contribution is 1.92. The molecule has 4 nitrogen and oxygen atoms in total. The van der Waals surface area contributed by atoms with Gasteiger partial charge in [0.15, 0.2) is 0 Å². The zero-order chi connectivity index (χ0) is 7.44. The third-order valence-electron chi connectivity index (χ3n) is 1.16. The minimum absolute atomic E-state index is 0. The summed E-state index contributed by atoms with van der Waals surface area (Å²) >= 11 is 0. The Balaban J connectivity index is -0.000000320. The van der Waals surface area contributed by atoms with Crippen LogP contribution in [0.25, 0.3) is 0 Å². The van der Waals surface area contributed by atoms with Crippen LogP contribution in [0.1, 0.15) is 14.4 Å². The second kappa shape index (κ2) is 7.84. The van der Waals surface area contributed by atoms with Crippen LogP contribution in [-0.4, -0.2) is 30.3 Å². The summed E-state index contributed by atoms with van der Waals surface area (Å²) in [7, 11) is 1.42. The second-order valence-electron chi connectivity index (χ2n) is 1.80. The van der Waals surface area contributed by atoms with Crippen LogP contribution in [0.3, 0.4) is 0 Å². The van der Waals surface area contributed by atoms with E-state index >= 15 is 0 Å². The number of hydrogen-bond donors (Lipinski definition) is 2. The molecule has 0 aliphatic heterocycles. The summed E-state index contributed by atoms with van der Waals surface area (Å²) < 4.78 is 4.67. The van der Waals surface area contributed by atoms with Crippen LogP contribution < -0.4 is 5.73 Å². The minimum Gasteiger partial charge on any atom is -0.480 e. The lowest BCUT2D eigenvalue weighted by Gasteiger charge is -2.12. The van der Waals surface area contributed by atoms with Gasteiger partial charge < -0.3 is 15.6 Å². The molecule has 0 aliphatic rings. The van der Waals surface area contributed by atoms with Crippen LogP contribution in [0.5, 0.6) is 0 Å². The van der Waals surface area contributed by atoms with Gasteiger partial charge in [0.1, 0.15) is 6.04 Å². The van der Waals surface area contributed by atoms with Crippen LogP contribution >= 0.6 is 13.5 Å². The average Bonchev–Trinajstić information content (AvgIpc) is 1.84. The van der Waals surface area contributed by atoms with E-state index in [4.69, 9.17) is 10.8 Å². The molecule has 0 rings (SSSR count). The average molecular weight is 183 g/mol. The fourth-order valence-corrected chi connectivity index (χ4v) is 0.347. The van der Waals surface area contributed by atoms with Gasteiger partial charge in [-0.2, -0.15) is 13.5 Å². The van der Waals surface area contributed by atoms with Crippen molar-refractivity contribution in [1.82, 2.24) is 0 Å². The summed E-state index contributed by atoms with van der Waals surface area (Å²) in [6.07, 6.45) is -0.428. The molecule has 0 heterocycles. The molecule has 0 aromatic carbocycles. The van der Waals surface area contributed by atoms with E-state index in [0.717, 1.165) is 0 Å². The van der Waals surface area contributed by atoms with Crippen molar-refractivity contribution in [2.75, 3.05) is 7.11 Å². The first-order valence-electron chi connectivity index (χ1n) is 2.60. The molecule has 11 heavy (non-hydrogen) atoms. The van der Waals surface area contributed by atoms with E-state index in [2.05, 4.69) is 4.74 Å². The quantitative estimate of drug-likeness (QED) is 0.654. The Morgan fingerprint density at radius 1 is 1.64 bits per heavy atom. The molecule has 0 radical (unpaired) electrons. The van der Waals surface area contributed by atoms with Crippen molar-refractivity contribution < 1.29 is 14.6 Å². The van der Waals surface area contributed by atoms with Gasteiger partial charge in [0.05, 0.1) is 6.10 Å². The number of hydrogen-bond acceptors (Lipinski definition) is 3. The third kappa shape index (κ3) is 6.15. The normalized spacial score (nSPS) is 13.7. The topological polar surface area (TPSA) is 72.5 Å². The molecule has 0 aromatic rings. The molecule has 3 N–H and O–H groups in total. The number of nitrogens with two attached hydrogens (primary N) is 1. The van der Waals surface area contributed by atoms with Crippen molar-refractivity contribution in [1.29, 1.82) is 0 Å². The van der Waals surface area contributed by atoms with Gasteiger partial charge in [-0.25, -0.2) is 0 Å². The van der Waals surface area contributed by atoms with E-state index in [1.54, 1.807) is 6.92 Å². The Morgan fingerprint density at radius 2 is 2.00 bits per heavy atom. The Hall–Kier alpha value is -0.260. The second-order valence-corrected chi connectivity index (χ2v) is 1.80. The fraction of sp³-hybridized carbons (Fsp3) is 0.833. The Labute approximate surface area is 74.2 Å². The molecule has 0 spiro atoms. The molecular formula is C6H17NO3S. The van der Waals surface area contributed by atoms with Gasteiger partial charge >= 0.3 is 5.97 Å². The summed E-state index contributed by atoms with van der Waals surface area (Å²) in [4.78, 5) is 10.1. The molecule has 0 saturated heterocycles. The Kier molecular flexibility index (Phi) is 12.1. The maximum absolute atomic E-state index is 10.1. The first kappa shape index (κ1) is 17.0. The molecule has 0 saturated carbocycles. The number of methoxy groups -OCH3 is 1. The highest BCUT2D eigenvalue weighted by Gasteiger charge is 2.18. The largest absolute Gasteiger partial charge is 0.480 e. The van der Waals surface area contributed by atoms with Gasteiger partial charge in [0, 0.05) is 7.11 Å². The lowest BCUT2D eigenvalue weighted by Crippen LogP contribution is -2.40. The van der Waals surface area contributed by atoms with Crippen molar-refractivity contribution in [2.24, 2.45) is 5.73 Å². The molecule has 5 heteroatoms. The lowest BCUT2D eigenvalue weighted by atomic mass is 10.2. The molecule has 0 amide bonds. The number of carbonyl (C=O) groups is 1. The monoisotopic (exact) mass is 183 g/mol. The zero-order valence-electron chi connectivity index (χ0n) is 6.00. The van der Waals surface area contributed by atoms with Gasteiger partial charge in [-0.15, -0.1) is 0 Å². The molecule has 0 bridgehead atoms. The number of rotatable bonds is 3. The van der Waals surface area contributed by atoms with Crippen LogP contribution in [0.2, 0.25) is 0 Å². The number of aliphatic carboxylic acids is 1. The first-order valence-corrected chi connectivity index (χ1v) is 2.60.